The first-order valence-electron chi connectivity index (χ1n) is 20.0. The number of unbranched alkanes of at least 4 members (excludes halogenated alkanes) is 18. The van der Waals surface area contributed by atoms with Gasteiger partial charge in [0.15, 0.2) is 6.10 Å². The van der Waals surface area contributed by atoms with E-state index < -0.39 is 6.10 Å². The molecule has 0 saturated carbocycles. The summed E-state index contributed by atoms with van der Waals surface area (Å²) in [7, 11) is 0. The van der Waals surface area contributed by atoms with Gasteiger partial charge in [-0.15, -0.1) is 0 Å². The third kappa shape index (κ3) is 35.0. The minimum atomic E-state index is -0.782. The van der Waals surface area contributed by atoms with Gasteiger partial charge in [0.25, 0.3) is 0 Å². The third-order valence-electron chi connectivity index (χ3n) is 8.41. The molecule has 6 heteroatoms. The maximum Gasteiger partial charge on any atom is 0.306 e. The van der Waals surface area contributed by atoms with Crippen LogP contribution in [0.15, 0.2) is 36.5 Å². The highest BCUT2D eigenvalue weighted by molar-refractivity contribution is 5.71. The maximum absolute atomic E-state index is 12.6. The van der Waals surface area contributed by atoms with Crippen molar-refractivity contribution in [3.63, 3.8) is 0 Å². The molecule has 48 heavy (non-hydrogen) atoms. The van der Waals surface area contributed by atoms with Crippen molar-refractivity contribution in [1.29, 1.82) is 0 Å². The lowest BCUT2D eigenvalue weighted by molar-refractivity contribution is -0.167. The van der Waals surface area contributed by atoms with Gasteiger partial charge in [-0.2, -0.15) is 0 Å². The van der Waals surface area contributed by atoms with E-state index in [1.165, 1.54) is 83.5 Å². The van der Waals surface area contributed by atoms with Crippen molar-refractivity contribution in [3.8, 4) is 0 Å². The van der Waals surface area contributed by atoms with E-state index in [9.17, 15) is 14.4 Å². The molecule has 0 aromatic rings. The minimum absolute atomic E-state index is 0.0855. The first-order chi connectivity index (χ1) is 23.5. The van der Waals surface area contributed by atoms with Crippen LogP contribution in [-0.2, 0) is 28.6 Å². The zero-order chi connectivity index (χ0) is 35.2. The number of allylic oxidation sites excluding steroid dienone is 6. The van der Waals surface area contributed by atoms with Crippen LogP contribution in [0.5, 0.6) is 0 Å². The maximum atomic E-state index is 12.6. The number of hydrogen-bond acceptors (Lipinski definition) is 6. The Bertz CT molecular complexity index is 830. The fourth-order valence-electron chi connectivity index (χ4n) is 5.40. The predicted octanol–water partition coefficient (Wildman–Crippen LogP) is 12.2. The van der Waals surface area contributed by atoms with E-state index in [0.29, 0.717) is 25.7 Å². The standard InChI is InChI=1S/C42H74O6/c1-4-7-10-13-16-19-21-24-26-29-32-35-41(44)47-38-39(37-46-40(43)34-31-28-25-22-18-15-12-9-6-3)48-42(45)36-33-30-27-23-20-17-14-11-8-5-2/h7,10,16,19,24,26,39H,4-6,8-9,11-15,17-18,20-23,25,27-38H2,1-3H3/b10-7-,19-16-,26-24-. The molecule has 0 radical (unpaired) electrons. The average molecular weight is 675 g/mol. The van der Waals surface area contributed by atoms with Gasteiger partial charge in [0, 0.05) is 19.3 Å². The van der Waals surface area contributed by atoms with Gasteiger partial charge in [-0.05, 0) is 44.9 Å². The molecule has 0 fully saturated rings. The van der Waals surface area contributed by atoms with Gasteiger partial charge < -0.3 is 14.2 Å². The summed E-state index contributed by atoms with van der Waals surface area (Å²) in [5, 5.41) is 0. The van der Waals surface area contributed by atoms with E-state index in [4.69, 9.17) is 14.2 Å². The van der Waals surface area contributed by atoms with Crippen molar-refractivity contribution >= 4 is 17.9 Å². The molecule has 0 aromatic heterocycles. The Morgan fingerprint density at radius 2 is 0.812 bits per heavy atom. The first-order valence-corrected chi connectivity index (χ1v) is 20.0. The summed E-state index contributed by atoms with van der Waals surface area (Å²) in [5.74, 6) is -0.951. The Hall–Kier alpha value is -2.37. The molecule has 1 unspecified atom stereocenters. The summed E-state index contributed by atoms with van der Waals surface area (Å²) in [5.41, 5.74) is 0. The van der Waals surface area contributed by atoms with Gasteiger partial charge in [-0.3, -0.25) is 14.4 Å². The number of esters is 3. The lowest BCUT2D eigenvalue weighted by Gasteiger charge is -2.18. The van der Waals surface area contributed by atoms with Crippen LogP contribution in [0.4, 0.5) is 0 Å². The zero-order valence-corrected chi connectivity index (χ0v) is 31.5. The second-order valence-electron chi connectivity index (χ2n) is 13.2. The SMILES string of the molecule is CC/C=C\C/C=C\C/C=C\CCCC(=O)OCC(COC(=O)CCCCCCCCCCC)OC(=O)CCCCCCCCCCCC. The smallest absolute Gasteiger partial charge is 0.306 e. The minimum Gasteiger partial charge on any atom is -0.462 e. The number of rotatable bonds is 35. The van der Waals surface area contributed by atoms with E-state index in [1.807, 2.05) is 0 Å². The Morgan fingerprint density at radius 1 is 0.438 bits per heavy atom. The highest BCUT2D eigenvalue weighted by atomic mass is 16.6. The highest BCUT2D eigenvalue weighted by Crippen LogP contribution is 2.13. The van der Waals surface area contributed by atoms with E-state index in [1.54, 1.807) is 0 Å². The molecule has 6 nitrogen and oxygen atoms in total. The van der Waals surface area contributed by atoms with Crippen molar-refractivity contribution < 1.29 is 28.6 Å². The molecule has 0 N–H and O–H groups in total. The molecular formula is C42H74O6. The van der Waals surface area contributed by atoms with Crippen LogP contribution in [-0.4, -0.2) is 37.2 Å². The van der Waals surface area contributed by atoms with Crippen molar-refractivity contribution in [2.75, 3.05) is 13.2 Å². The topological polar surface area (TPSA) is 78.9 Å². The number of hydrogen-bond donors (Lipinski definition) is 0. The fraction of sp³-hybridized carbons (Fsp3) is 0.786. The van der Waals surface area contributed by atoms with E-state index in [2.05, 4.69) is 57.2 Å². The molecule has 0 saturated heterocycles. The lowest BCUT2D eigenvalue weighted by atomic mass is 10.1. The molecule has 0 spiro atoms. The summed E-state index contributed by atoms with van der Waals surface area (Å²) in [6.45, 7) is 6.41. The summed E-state index contributed by atoms with van der Waals surface area (Å²) < 4.78 is 16.5. The van der Waals surface area contributed by atoms with Crippen molar-refractivity contribution in [3.05, 3.63) is 36.5 Å². The Morgan fingerprint density at radius 3 is 1.27 bits per heavy atom. The Labute approximate surface area is 295 Å². The molecule has 0 amide bonds. The molecular weight excluding hydrogens is 600 g/mol. The molecule has 1 atom stereocenters. The molecule has 0 aromatic carbocycles. The zero-order valence-electron chi connectivity index (χ0n) is 31.5. The van der Waals surface area contributed by atoms with E-state index in [-0.39, 0.29) is 31.1 Å². The molecule has 278 valence electrons. The van der Waals surface area contributed by atoms with Gasteiger partial charge >= 0.3 is 17.9 Å². The number of ether oxygens (including phenoxy) is 3. The van der Waals surface area contributed by atoms with Crippen molar-refractivity contribution in [2.24, 2.45) is 0 Å². The van der Waals surface area contributed by atoms with Crippen LogP contribution in [0.25, 0.3) is 0 Å². The molecule has 0 aliphatic rings. The second-order valence-corrected chi connectivity index (χ2v) is 13.2. The van der Waals surface area contributed by atoms with Gasteiger partial charge in [0.1, 0.15) is 13.2 Å². The Kier molecular flexibility index (Phi) is 35.6. The Balaban J connectivity index is 4.44. The third-order valence-corrected chi connectivity index (χ3v) is 8.41. The molecule has 0 aliphatic heterocycles. The summed E-state index contributed by atoms with van der Waals surface area (Å²) >= 11 is 0. The highest BCUT2D eigenvalue weighted by Gasteiger charge is 2.19. The molecule has 0 rings (SSSR count). The van der Waals surface area contributed by atoms with Crippen LogP contribution < -0.4 is 0 Å². The van der Waals surface area contributed by atoms with Crippen LogP contribution in [0.3, 0.4) is 0 Å². The van der Waals surface area contributed by atoms with Crippen LogP contribution in [0, 0.1) is 0 Å². The van der Waals surface area contributed by atoms with E-state index >= 15 is 0 Å². The molecule has 0 bridgehead atoms. The van der Waals surface area contributed by atoms with Gasteiger partial charge in [-0.1, -0.05) is 166 Å². The quantitative estimate of drug-likeness (QED) is 0.0288. The lowest BCUT2D eigenvalue weighted by Crippen LogP contribution is -2.30. The van der Waals surface area contributed by atoms with Crippen LogP contribution in [0.2, 0.25) is 0 Å². The fourth-order valence-corrected chi connectivity index (χ4v) is 5.40. The summed E-state index contributed by atoms with van der Waals surface area (Å²) in [6, 6.07) is 0. The first kappa shape index (κ1) is 45.6. The average Bonchev–Trinajstić information content (AvgIpc) is 3.08. The monoisotopic (exact) mass is 675 g/mol. The van der Waals surface area contributed by atoms with Gasteiger partial charge in [0.2, 0.25) is 0 Å². The second kappa shape index (κ2) is 37.4. The van der Waals surface area contributed by atoms with Crippen LogP contribution >= 0.6 is 0 Å². The van der Waals surface area contributed by atoms with E-state index in [0.717, 1.165) is 64.2 Å². The largest absolute Gasteiger partial charge is 0.462 e. The van der Waals surface area contributed by atoms with Crippen molar-refractivity contribution in [1.82, 2.24) is 0 Å². The summed E-state index contributed by atoms with van der Waals surface area (Å²) in [6.07, 6.45) is 40.0. The van der Waals surface area contributed by atoms with Crippen molar-refractivity contribution in [2.45, 2.75) is 200 Å². The molecule has 0 heterocycles. The number of carbonyl (C=O) groups excluding carboxylic acids is 3. The van der Waals surface area contributed by atoms with Crippen LogP contribution in [0.1, 0.15) is 194 Å². The summed E-state index contributed by atoms with van der Waals surface area (Å²) in [4.78, 5) is 37.4. The van der Waals surface area contributed by atoms with Gasteiger partial charge in [0.05, 0.1) is 0 Å². The normalized spacial score (nSPS) is 12.3. The molecule has 0 aliphatic carbocycles. The predicted molar refractivity (Wildman–Crippen MR) is 201 cm³/mol. The van der Waals surface area contributed by atoms with Gasteiger partial charge in [-0.25, -0.2) is 0 Å². The number of carbonyl (C=O) groups is 3.